The van der Waals surface area contributed by atoms with E-state index in [0.29, 0.717) is 29.3 Å². The first-order valence-corrected chi connectivity index (χ1v) is 7.39. The molecule has 1 aromatic rings. The molecule has 0 amide bonds. The van der Waals surface area contributed by atoms with Gasteiger partial charge in [0.15, 0.2) is 17.4 Å². The van der Waals surface area contributed by atoms with Gasteiger partial charge < -0.3 is 9.94 Å². The molecule has 114 valence electrons. The van der Waals surface area contributed by atoms with E-state index in [-0.39, 0.29) is 12.1 Å². The van der Waals surface area contributed by atoms with Crippen molar-refractivity contribution < 1.29 is 18.7 Å². The van der Waals surface area contributed by atoms with Crippen LogP contribution in [0.1, 0.15) is 31.2 Å². The van der Waals surface area contributed by atoms with Gasteiger partial charge >= 0.3 is 0 Å². The molecule has 0 unspecified atom stereocenters. The smallest absolute Gasteiger partial charge is 0.170 e. The van der Waals surface area contributed by atoms with Crippen LogP contribution in [0.2, 0.25) is 0 Å². The topological polar surface area (TPSA) is 32.7 Å². The van der Waals surface area contributed by atoms with Crippen LogP contribution in [0.15, 0.2) is 23.2 Å². The molecule has 0 saturated heterocycles. The minimum Gasteiger partial charge on any atom is -0.403 e. The number of aliphatic hydroxyl groups is 1. The lowest BCUT2D eigenvalue weighted by Gasteiger charge is -2.32. The van der Waals surface area contributed by atoms with Crippen molar-refractivity contribution in [2.75, 3.05) is 6.54 Å². The molecule has 3 rings (SSSR count). The molecule has 1 aromatic carbocycles. The molecule has 2 aliphatic rings. The van der Waals surface area contributed by atoms with E-state index < -0.39 is 11.6 Å². The normalized spacial score (nSPS) is 27.0. The number of halogens is 3. The molecule has 0 radical (unpaired) electrons. The van der Waals surface area contributed by atoms with Crippen molar-refractivity contribution >= 4 is 17.4 Å². The van der Waals surface area contributed by atoms with Crippen LogP contribution in [0.3, 0.4) is 0 Å². The summed E-state index contributed by atoms with van der Waals surface area (Å²) in [6.07, 6.45) is 2.98. The maximum Gasteiger partial charge on any atom is 0.170 e. The lowest BCUT2D eigenvalue weighted by molar-refractivity contribution is -0.118. The van der Waals surface area contributed by atoms with Crippen LogP contribution in [-0.4, -0.2) is 28.9 Å². The van der Waals surface area contributed by atoms with E-state index in [0.717, 1.165) is 31.4 Å². The van der Waals surface area contributed by atoms with Crippen LogP contribution in [0.4, 0.5) is 8.78 Å². The molecule has 0 bridgehead atoms. The number of hydroxylamine groups is 2. The Morgan fingerprint density at radius 3 is 2.76 bits per heavy atom. The van der Waals surface area contributed by atoms with Gasteiger partial charge in [-0.2, -0.15) is 0 Å². The van der Waals surface area contributed by atoms with Gasteiger partial charge in [-0.1, -0.05) is 11.6 Å². The maximum atomic E-state index is 13.3. The molecule has 1 saturated carbocycles. The quantitative estimate of drug-likeness (QED) is 0.907. The minimum absolute atomic E-state index is 0.0882. The highest BCUT2D eigenvalue weighted by atomic mass is 35.5. The van der Waals surface area contributed by atoms with Crippen molar-refractivity contribution in [1.82, 2.24) is 5.06 Å². The molecule has 3 nitrogen and oxygen atoms in total. The van der Waals surface area contributed by atoms with Gasteiger partial charge in [-0.05, 0) is 43.9 Å². The van der Waals surface area contributed by atoms with Gasteiger partial charge in [0.25, 0.3) is 0 Å². The first-order valence-electron chi connectivity index (χ1n) is 7.01. The zero-order valence-corrected chi connectivity index (χ0v) is 12.1. The summed E-state index contributed by atoms with van der Waals surface area (Å²) in [4.78, 5) is 5.72. The summed E-state index contributed by atoms with van der Waals surface area (Å²) < 4.78 is 26.3. The first kappa shape index (κ1) is 14.8. The molecule has 6 heteroatoms. The third-order valence-corrected chi connectivity index (χ3v) is 4.25. The Labute approximate surface area is 126 Å². The summed E-state index contributed by atoms with van der Waals surface area (Å²) in [7, 11) is 0. The third-order valence-electron chi connectivity index (χ3n) is 3.96. The number of aliphatic hydroxyl groups excluding tert-OH is 1. The van der Waals surface area contributed by atoms with Crippen molar-refractivity contribution in [3.8, 4) is 0 Å². The zero-order chi connectivity index (χ0) is 15.0. The predicted octanol–water partition coefficient (Wildman–Crippen LogP) is 3.42. The summed E-state index contributed by atoms with van der Waals surface area (Å²) in [5.74, 6) is -1.48. The molecular formula is C15H16ClF2NO2. The van der Waals surface area contributed by atoms with Crippen LogP contribution in [0.5, 0.6) is 0 Å². The number of hydrogen-bond acceptors (Lipinski definition) is 3. The lowest BCUT2D eigenvalue weighted by Crippen LogP contribution is -2.38. The number of nitrogens with zero attached hydrogens (tertiary/aromatic N) is 1. The van der Waals surface area contributed by atoms with Gasteiger partial charge in [0.1, 0.15) is 0 Å². The van der Waals surface area contributed by atoms with Crippen molar-refractivity contribution in [3.05, 3.63) is 40.4 Å². The van der Waals surface area contributed by atoms with Crippen LogP contribution in [0, 0.1) is 11.6 Å². The Kier molecular flexibility index (Phi) is 4.15. The van der Waals surface area contributed by atoms with E-state index in [9.17, 15) is 13.9 Å². The summed E-state index contributed by atoms with van der Waals surface area (Å²) >= 11 is 6.19. The van der Waals surface area contributed by atoms with Crippen molar-refractivity contribution in [1.29, 1.82) is 0 Å². The molecule has 2 atom stereocenters. The van der Waals surface area contributed by atoms with Crippen molar-refractivity contribution in [2.45, 2.75) is 37.8 Å². The van der Waals surface area contributed by atoms with Crippen molar-refractivity contribution in [2.24, 2.45) is 0 Å². The average Bonchev–Trinajstić information content (AvgIpc) is 2.84. The zero-order valence-electron chi connectivity index (χ0n) is 11.4. The largest absolute Gasteiger partial charge is 0.403 e. The fourth-order valence-electron chi connectivity index (χ4n) is 2.86. The third kappa shape index (κ3) is 3.05. The monoisotopic (exact) mass is 315 g/mol. The SMILES string of the molecule is O[C@H]1CCC[C@@H](N2CC(Cl)=C(c3ccc(F)c(F)c3)O2)C1. The highest BCUT2D eigenvalue weighted by Gasteiger charge is 2.33. The first-order chi connectivity index (χ1) is 10.0. The van der Waals surface area contributed by atoms with E-state index in [1.165, 1.54) is 6.07 Å². The summed E-state index contributed by atoms with van der Waals surface area (Å²) in [5, 5.41) is 11.9. The fourth-order valence-corrected chi connectivity index (χ4v) is 3.12. The second kappa shape index (κ2) is 5.91. The van der Waals surface area contributed by atoms with Crippen LogP contribution in [-0.2, 0) is 4.84 Å². The highest BCUT2D eigenvalue weighted by Crippen LogP contribution is 2.35. The Hall–Kier alpha value is -1.17. The minimum atomic E-state index is -0.931. The van der Waals surface area contributed by atoms with E-state index in [1.54, 1.807) is 5.06 Å². The number of benzene rings is 1. The van der Waals surface area contributed by atoms with Gasteiger partial charge in [0, 0.05) is 11.6 Å². The van der Waals surface area contributed by atoms with Gasteiger partial charge in [0.05, 0.1) is 17.7 Å². The summed E-state index contributed by atoms with van der Waals surface area (Å²) in [6, 6.07) is 3.66. The highest BCUT2D eigenvalue weighted by molar-refractivity contribution is 6.32. The second-order valence-corrected chi connectivity index (χ2v) is 5.96. The molecule has 1 aliphatic heterocycles. The van der Waals surface area contributed by atoms with Crippen LogP contribution < -0.4 is 0 Å². The summed E-state index contributed by atoms with van der Waals surface area (Å²) in [6.45, 7) is 0.396. The Morgan fingerprint density at radius 2 is 2.05 bits per heavy atom. The van der Waals surface area contributed by atoms with E-state index in [4.69, 9.17) is 16.4 Å². The van der Waals surface area contributed by atoms with E-state index >= 15 is 0 Å². The molecular weight excluding hydrogens is 300 g/mol. The van der Waals surface area contributed by atoms with Crippen LogP contribution in [0.25, 0.3) is 5.76 Å². The maximum absolute atomic E-state index is 13.3. The molecule has 21 heavy (non-hydrogen) atoms. The Bertz CT molecular complexity index is 579. The second-order valence-electron chi connectivity index (χ2n) is 5.50. The fraction of sp³-hybridized carbons (Fsp3) is 0.467. The molecule has 1 N–H and O–H groups in total. The molecule has 1 heterocycles. The lowest BCUT2D eigenvalue weighted by atomic mass is 9.93. The number of hydrogen-bond donors (Lipinski definition) is 1. The average molecular weight is 316 g/mol. The van der Waals surface area contributed by atoms with Gasteiger partial charge in [-0.25, -0.2) is 8.78 Å². The Morgan fingerprint density at radius 1 is 1.24 bits per heavy atom. The molecule has 1 aliphatic carbocycles. The summed E-state index contributed by atoms with van der Waals surface area (Å²) in [5.41, 5.74) is 0.415. The predicted molar refractivity (Wildman–Crippen MR) is 75.2 cm³/mol. The molecule has 0 aromatic heterocycles. The number of rotatable bonds is 2. The van der Waals surface area contributed by atoms with Gasteiger partial charge in [0.2, 0.25) is 0 Å². The van der Waals surface area contributed by atoms with Crippen LogP contribution >= 0.6 is 11.6 Å². The van der Waals surface area contributed by atoms with Crippen molar-refractivity contribution in [3.63, 3.8) is 0 Å². The van der Waals surface area contributed by atoms with Gasteiger partial charge in [-0.3, -0.25) is 0 Å². The molecule has 0 spiro atoms. The standard InChI is InChI=1S/C15H16ClF2NO2/c16-12-8-19(10-2-1-3-11(20)7-10)21-15(12)9-4-5-13(17)14(18)6-9/h4-6,10-11,20H,1-3,7-8H2/t10-,11+/m1/s1. The van der Waals surface area contributed by atoms with E-state index in [1.807, 2.05) is 0 Å². The van der Waals surface area contributed by atoms with Gasteiger partial charge in [-0.15, -0.1) is 5.06 Å². The van der Waals surface area contributed by atoms with E-state index in [2.05, 4.69) is 0 Å². The Balaban J connectivity index is 1.75. The molecule has 1 fully saturated rings.